The summed E-state index contributed by atoms with van der Waals surface area (Å²) >= 11 is 0. The first kappa shape index (κ1) is 14.5. The van der Waals surface area contributed by atoms with Crippen molar-refractivity contribution in [3.63, 3.8) is 0 Å². The molecule has 106 valence electrons. The molecule has 1 N–H and O–H groups in total. The van der Waals surface area contributed by atoms with Crippen molar-refractivity contribution < 1.29 is 4.39 Å². The highest BCUT2D eigenvalue weighted by Gasteiger charge is 2.24. The van der Waals surface area contributed by atoms with Crippen LogP contribution in [-0.2, 0) is 0 Å². The van der Waals surface area contributed by atoms with Crippen molar-refractivity contribution in [1.29, 1.82) is 0 Å². The van der Waals surface area contributed by atoms with E-state index in [-0.39, 0.29) is 5.82 Å². The molecule has 1 saturated carbocycles. The predicted molar refractivity (Wildman–Crippen MR) is 78.6 cm³/mol. The Balaban J connectivity index is 1.94. The molecule has 2 heteroatoms. The molecule has 0 bridgehead atoms. The highest BCUT2D eigenvalue weighted by molar-refractivity contribution is 5.20. The average molecular weight is 263 g/mol. The maximum atomic E-state index is 13.0. The molecular formula is C17H26FN. The van der Waals surface area contributed by atoms with E-state index < -0.39 is 0 Å². The lowest BCUT2D eigenvalue weighted by molar-refractivity contribution is 0.396. The Labute approximate surface area is 116 Å². The van der Waals surface area contributed by atoms with Gasteiger partial charge in [0.15, 0.2) is 0 Å². The average Bonchev–Trinajstić information content (AvgIpc) is 3.19. The van der Waals surface area contributed by atoms with Crippen LogP contribution < -0.4 is 5.32 Å². The molecule has 19 heavy (non-hydrogen) atoms. The third kappa shape index (κ3) is 4.94. The molecule has 1 aromatic rings. The van der Waals surface area contributed by atoms with E-state index in [0.29, 0.717) is 12.1 Å². The fourth-order valence-corrected chi connectivity index (χ4v) is 2.71. The number of benzene rings is 1. The van der Waals surface area contributed by atoms with Gasteiger partial charge in [0.1, 0.15) is 5.82 Å². The minimum absolute atomic E-state index is 0.149. The van der Waals surface area contributed by atoms with Crippen LogP contribution >= 0.6 is 0 Å². The first-order chi connectivity index (χ1) is 9.19. The lowest BCUT2D eigenvalue weighted by Gasteiger charge is -2.24. The monoisotopic (exact) mass is 263 g/mol. The lowest BCUT2D eigenvalue weighted by Crippen LogP contribution is -2.31. The Bertz CT molecular complexity index is 369. The van der Waals surface area contributed by atoms with Gasteiger partial charge in [0.25, 0.3) is 0 Å². The summed E-state index contributed by atoms with van der Waals surface area (Å²) in [5.74, 6) is 0.798. The van der Waals surface area contributed by atoms with Gasteiger partial charge in [-0.05, 0) is 43.4 Å². The van der Waals surface area contributed by atoms with Gasteiger partial charge in [-0.2, -0.15) is 0 Å². The van der Waals surface area contributed by atoms with E-state index in [1.807, 2.05) is 12.1 Å². The van der Waals surface area contributed by atoms with Crippen LogP contribution in [0.5, 0.6) is 0 Å². The Kier molecular flexibility index (Phi) is 5.38. The van der Waals surface area contributed by atoms with E-state index >= 15 is 0 Å². The molecule has 0 heterocycles. The minimum Gasteiger partial charge on any atom is -0.307 e. The summed E-state index contributed by atoms with van der Waals surface area (Å²) in [6, 6.07) is 7.91. The highest BCUT2D eigenvalue weighted by atomic mass is 19.1. The second-order valence-electron chi connectivity index (χ2n) is 5.99. The first-order valence-electron chi connectivity index (χ1n) is 7.70. The Hall–Kier alpha value is -0.890. The van der Waals surface area contributed by atoms with E-state index in [1.165, 1.54) is 37.7 Å². The summed E-state index contributed by atoms with van der Waals surface area (Å²) in [6.45, 7) is 4.50. The van der Waals surface area contributed by atoms with Gasteiger partial charge >= 0.3 is 0 Å². The number of hydrogen-bond acceptors (Lipinski definition) is 1. The Morgan fingerprint density at radius 1 is 1.26 bits per heavy atom. The fraction of sp³-hybridized carbons (Fsp3) is 0.647. The highest BCUT2D eigenvalue weighted by Crippen LogP contribution is 2.34. The molecule has 0 radical (unpaired) electrons. The number of unbranched alkanes of at least 4 members (excludes halogenated alkanes) is 1. The maximum absolute atomic E-state index is 13.0. The number of hydrogen-bond donors (Lipinski definition) is 1. The van der Waals surface area contributed by atoms with Gasteiger partial charge in [0.2, 0.25) is 0 Å². The quantitative estimate of drug-likeness (QED) is 0.708. The van der Waals surface area contributed by atoms with Crippen LogP contribution in [0.4, 0.5) is 4.39 Å². The van der Waals surface area contributed by atoms with Crippen LogP contribution in [0.2, 0.25) is 0 Å². The summed E-state index contributed by atoms with van der Waals surface area (Å²) < 4.78 is 13.0. The summed E-state index contributed by atoms with van der Waals surface area (Å²) in [7, 11) is 0. The van der Waals surface area contributed by atoms with Crippen LogP contribution in [0.1, 0.15) is 64.0 Å². The van der Waals surface area contributed by atoms with E-state index in [9.17, 15) is 4.39 Å². The molecule has 2 unspecified atom stereocenters. The standard InChI is InChI=1S/C17H26FN/c1-3-4-5-17(15-8-10-16(18)11-9-15)19-13(2)12-14-6-7-14/h8-11,13-14,17,19H,3-7,12H2,1-2H3. The molecule has 0 spiro atoms. The SMILES string of the molecule is CCCCC(NC(C)CC1CC1)c1ccc(F)cc1. The van der Waals surface area contributed by atoms with E-state index in [1.54, 1.807) is 12.1 Å². The van der Waals surface area contributed by atoms with E-state index in [2.05, 4.69) is 19.2 Å². The van der Waals surface area contributed by atoms with Crippen molar-refractivity contribution >= 4 is 0 Å². The van der Waals surface area contributed by atoms with Crippen LogP contribution in [0.25, 0.3) is 0 Å². The van der Waals surface area contributed by atoms with Crippen molar-refractivity contribution in [2.45, 2.75) is 64.5 Å². The predicted octanol–water partition coefficient (Wildman–Crippen LogP) is 4.84. The van der Waals surface area contributed by atoms with Gasteiger partial charge in [0.05, 0.1) is 0 Å². The molecular weight excluding hydrogens is 237 g/mol. The summed E-state index contributed by atoms with van der Waals surface area (Å²) in [5, 5.41) is 3.74. The number of nitrogens with one attached hydrogen (secondary N) is 1. The van der Waals surface area contributed by atoms with E-state index in [4.69, 9.17) is 0 Å². The van der Waals surface area contributed by atoms with Crippen LogP contribution in [0.15, 0.2) is 24.3 Å². The third-order valence-corrected chi connectivity index (χ3v) is 3.99. The molecule has 1 aliphatic carbocycles. The molecule has 0 aromatic heterocycles. The van der Waals surface area contributed by atoms with Crippen LogP contribution in [0, 0.1) is 11.7 Å². The zero-order valence-corrected chi connectivity index (χ0v) is 12.2. The smallest absolute Gasteiger partial charge is 0.123 e. The van der Waals surface area contributed by atoms with Gasteiger partial charge in [-0.3, -0.25) is 0 Å². The third-order valence-electron chi connectivity index (χ3n) is 3.99. The molecule has 2 rings (SSSR count). The van der Waals surface area contributed by atoms with E-state index in [0.717, 1.165) is 12.3 Å². The van der Waals surface area contributed by atoms with Crippen molar-refractivity contribution in [2.75, 3.05) is 0 Å². The number of rotatable bonds is 8. The van der Waals surface area contributed by atoms with Crippen molar-refractivity contribution in [2.24, 2.45) is 5.92 Å². The van der Waals surface area contributed by atoms with Gasteiger partial charge in [-0.25, -0.2) is 4.39 Å². The van der Waals surface area contributed by atoms with Gasteiger partial charge in [0, 0.05) is 12.1 Å². The van der Waals surface area contributed by atoms with Crippen molar-refractivity contribution in [1.82, 2.24) is 5.32 Å². The molecule has 1 aliphatic rings. The zero-order valence-electron chi connectivity index (χ0n) is 12.2. The van der Waals surface area contributed by atoms with Crippen molar-refractivity contribution in [3.8, 4) is 0 Å². The summed E-state index contributed by atoms with van der Waals surface area (Å²) in [6.07, 6.45) is 7.65. The second-order valence-corrected chi connectivity index (χ2v) is 5.99. The second kappa shape index (κ2) is 7.04. The summed E-state index contributed by atoms with van der Waals surface area (Å²) in [5.41, 5.74) is 1.22. The topological polar surface area (TPSA) is 12.0 Å². The van der Waals surface area contributed by atoms with Gasteiger partial charge in [-0.1, -0.05) is 44.7 Å². The fourth-order valence-electron chi connectivity index (χ4n) is 2.71. The normalized spacial score (nSPS) is 18.3. The molecule has 0 amide bonds. The Morgan fingerprint density at radius 3 is 2.53 bits per heavy atom. The molecule has 0 saturated heterocycles. The number of halogens is 1. The largest absolute Gasteiger partial charge is 0.307 e. The molecule has 0 aliphatic heterocycles. The lowest BCUT2D eigenvalue weighted by atomic mass is 9.99. The van der Waals surface area contributed by atoms with Gasteiger partial charge < -0.3 is 5.32 Å². The first-order valence-corrected chi connectivity index (χ1v) is 7.70. The molecule has 2 atom stereocenters. The van der Waals surface area contributed by atoms with Crippen LogP contribution in [0.3, 0.4) is 0 Å². The molecule has 1 nitrogen and oxygen atoms in total. The van der Waals surface area contributed by atoms with Gasteiger partial charge in [-0.15, -0.1) is 0 Å². The van der Waals surface area contributed by atoms with Crippen molar-refractivity contribution in [3.05, 3.63) is 35.6 Å². The zero-order chi connectivity index (χ0) is 13.7. The minimum atomic E-state index is -0.149. The molecule has 1 fully saturated rings. The molecule has 1 aromatic carbocycles. The van der Waals surface area contributed by atoms with Crippen LogP contribution in [-0.4, -0.2) is 6.04 Å². The maximum Gasteiger partial charge on any atom is 0.123 e. The Morgan fingerprint density at radius 2 is 1.95 bits per heavy atom. The summed E-state index contributed by atoms with van der Waals surface area (Å²) in [4.78, 5) is 0.